The molecule has 0 aliphatic carbocycles. The van der Waals surface area contributed by atoms with Crippen LogP contribution in [0.25, 0.3) is 0 Å². The maximum Gasteiger partial charge on any atom is 0.254 e. The SMILES string of the molecule is Cc1ccc(C)c(C(=O)C2CCCN2C(=O)c2cccc(N3CCCC3=O)c2)c1. The maximum atomic E-state index is 13.3. The molecule has 5 nitrogen and oxygen atoms in total. The Morgan fingerprint density at radius 1 is 1.00 bits per heavy atom. The van der Waals surface area contributed by atoms with Crippen molar-refractivity contribution in [3.05, 3.63) is 64.7 Å². The van der Waals surface area contributed by atoms with Crippen molar-refractivity contribution >= 4 is 23.3 Å². The highest BCUT2D eigenvalue weighted by Gasteiger charge is 2.35. The van der Waals surface area contributed by atoms with Crippen LogP contribution in [0.4, 0.5) is 5.69 Å². The standard InChI is InChI=1S/C24H26N2O3/c1-16-10-11-17(2)20(14-16)23(28)21-8-4-13-26(21)24(29)18-6-3-7-19(15-18)25-12-5-9-22(25)27/h3,6-7,10-11,14-15,21H,4-5,8-9,12-13H2,1-2H3. The number of anilines is 1. The van der Waals surface area contributed by atoms with E-state index in [1.165, 1.54) is 0 Å². The Morgan fingerprint density at radius 3 is 2.59 bits per heavy atom. The molecule has 2 heterocycles. The zero-order chi connectivity index (χ0) is 20.5. The second-order valence-electron chi connectivity index (χ2n) is 8.04. The molecule has 2 amide bonds. The number of benzene rings is 2. The van der Waals surface area contributed by atoms with Crippen LogP contribution in [0, 0.1) is 13.8 Å². The minimum absolute atomic E-state index is 0.0166. The quantitative estimate of drug-likeness (QED) is 0.744. The number of hydrogen-bond donors (Lipinski definition) is 0. The van der Waals surface area contributed by atoms with E-state index in [4.69, 9.17) is 0 Å². The third kappa shape index (κ3) is 3.69. The zero-order valence-electron chi connectivity index (χ0n) is 17.0. The van der Waals surface area contributed by atoms with Crippen LogP contribution in [0.3, 0.4) is 0 Å². The number of amides is 2. The third-order valence-corrected chi connectivity index (χ3v) is 5.95. The van der Waals surface area contributed by atoms with Gasteiger partial charge in [-0.3, -0.25) is 14.4 Å². The Balaban J connectivity index is 1.59. The molecule has 0 bridgehead atoms. The van der Waals surface area contributed by atoms with Gasteiger partial charge in [-0.15, -0.1) is 0 Å². The molecule has 2 aromatic carbocycles. The molecule has 2 aromatic rings. The number of aryl methyl sites for hydroxylation is 2. The van der Waals surface area contributed by atoms with E-state index in [-0.39, 0.29) is 17.6 Å². The van der Waals surface area contributed by atoms with Gasteiger partial charge in [-0.1, -0.05) is 23.8 Å². The first-order valence-electron chi connectivity index (χ1n) is 10.3. The average Bonchev–Trinajstić information content (AvgIpc) is 3.38. The molecule has 0 spiro atoms. The Bertz CT molecular complexity index is 982. The summed E-state index contributed by atoms with van der Waals surface area (Å²) in [5.41, 5.74) is 3.97. The predicted molar refractivity (Wildman–Crippen MR) is 112 cm³/mol. The number of carbonyl (C=O) groups is 3. The van der Waals surface area contributed by atoms with Crippen LogP contribution in [-0.4, -0.2) is 41.6 Å². The van der Waals surface area contributed by atoms with Crippen molar-refractivity contribution in [2.24, 2.45) is 0 Å². The van der Waals surface area contributed by atoms with E-state index in [1.807, 2.05) is 44.2 Å². The summed E-state index contributed by atoms with van der Waals surface area (Å²) < 4.78 is 0. The van der Waals surface area contributed by atoms with Crippen LogP contribution in [0.5, 0.6) is 0 Å². The molecule has 2 saturated heterocycles. The van der Waals surface area contributed by atoms with Crippen molar-refractivity contribution in [1.29, 1.82) is 0 Å². The molecule has 4 rings (SSSR count). The summed E-state index contributed by atoms with van der Waals surface area (Å²) in [4.78, 5) is 42.0. The highest BCUT2D eigenvalue weighted by atomic mass is 16.2. The van der Waals surface area contributed by atoms with E-state index in [0.29, 0.717) is 37.1 Å². The van der Waals surface area contributed by atoms with Gasteiger partial charge >= 0.3 is 0 Å². The van der Waals surface area contributed by atoms with Crippen molar-refractivity contribution in [2.45, 2.75) is 45.6 Å². The van der Waals surface area contributed by atoms with Gasteiger partial charge in [0.15, 0.2) is 5.78 Å². The van der Waals surface area contributed by atoms with E-state index in [2.05, 4.69) is 0 Å². The molecule has 2 fully saturated rings. The van der Waals surface area contributed by atoms with Gasteiger partial charge in [0.2, 0.25) is 5.91 Å². The van der Waals surface area contributed by atoms with E-state index in [1.54, 1.807) is 21.9 Å². The minimum Gasteiger partial charge on any atom is -0.328 e. The minimum atomic E-state index is -0.430. The highest BCUT2D eigenvalue weighted by Crippen LogP contribution is 2.27. The van der Waals surface area contributed by atoms with Crippen LogP contribution >= 0.6 is 0 Å². The molecular formula is C24H26N2O3. The van der Waals surface area contributed by atoms with Crippen LogP contribution in [0.2, 0.25) is 0 Å². The first kappa shape index (κ1) is 19.4. The molecule has 150 valence electrons. The second-order valence-corrected chi connectivity index (χ2v) is 8.04. The van der Waals surface area contributed by atoms with E-state index >= 15 is 0 Å². The van der Waals surface area contributed by atoms with Gasteiger partial charge in [-0.2, -0.15) is 0 Å². The first-order valence-corrected chi connectivity index (χ1v) is 10.3. The molecule has 2 aliphatic heterocycles. The summed E-state index contributed by atoms with van der Waals surface area (Å²) in [5, 5.41) is 0. The molecule has 0 aromatic heterocycles. The molecule has 0 radical (unpaired) electrons. The summed E-state index contributed by atoms with van der Waals surface area (Å²) in [5.74, 6) is -0.0266. The summed E-state index contributed by atoms with van der Waals surface area (Å²) in [6.07, 6.45) is 2.89. The normalized spacial score (nSPS) is 19.1. The van der Waals surface area contributed by atoms with Gasteiger partial charge in [0.25, 0.3) is 5.91 Å². The van der Waals surface area contributed by atoms with Gasteiger partial charge in [0, 0.05) is 36.3 Å². The molecule has 29 heavy (non-hydrogen) atoms. The molecule has 1 atom stereocenters. The monoisotopic (exact) mass is 390 g/mol. The fraction of sp³-hybridized carbons (Fsp3) is 0.375. The van der Waals surface area contributed by atoms with Crippen molar-refractivity contribution in [1.82, 2.24) is 4.90 Å². The molecule has 1 unspecified atom stereocenters. The fourth-order valence-electron chi connectivity index (χ4n) is 4.36. The Labute approximate surface area is 171 Å². The molecule has 2 aliphatic rings. The Hall–Kier alpha value is -2.95. The summed E-state index contributed by atoms with van der Waals surface area (Å²) in [7, 11) is 0. The summed E-state index contributed by atoms with van der Waals surface area (Å²) in [6.45, 7) is 5.17. The average molecular weight is 390 g/mol. The first-order chi connectivity index (χ1) is 14.0. The smallest absolute Gasteiger partial charge is 0.254 e. The van der Waals surface area contributed by atoms with Gasteiger partial charge in [-0.25, -0.2) is 0 Å². The lowest BCUT2D eigenvalue weighted by Crippen LogP contribution is -2.40. The van der Waals surface area contributed by atoms with Gasteiger partial charge < -0.3 is 9.80 Å². The number of likely N-dealkylation sites (tertiary alicyclic amines) is 1. The van der Waals surface area contributed by atoms with E-state index < -0.39 is 6.04 Å². The lowest BCUT2D eigenvalue weighted by molar-refractivity contribution is -0.117. The lowest BCUT2D eigenvalue weighted by atomic mass is 9.96. The van der Waals surface area contributed by atoms with Crippen LogP contribution in [-0.2, 0) is 4.79 Å². The molecule has 5 heteroatoms. The van der Waals surface area contributed by atoms with Gasteiger partial charge in [0.05, 0.1) is 6.04 Å². The van der Waals surface area contributed by atoms with Gasteiger partial charge in [0.1, 0.15) is 0 Å². The van der Waals surface area contributed by atoms with Crippen molar-refractivity contribution in [2.75, 3.05) is 18.0 Å². The largest absolute Gasteiger partial charge is 0.328 e. The lowest BCUT2D eigenvalue weighted by Gasteiger charge is -2.25. The van der Waals surface area contributed by atoms with Gasteiger partial charge in [-0.05, 0) is 62.9 Å². The predicted octanol–water partition coefficient (Wildman–Crippen LogP) is 3.92. The molecular weight excluding hydrogens is 364 g/mol. The second kappa shape index (κ2) is 7.82. The number of nitrogens with zero attached hydrogens (tertiary/aromatic N) is 2. The number of rotatable bonds is 4. The number of carbonyl (C=O) groups excluding carboxylic acids is 3. The zero-order valence-corrected chi connectivity index (χ0v) is 17.0. The number of hydrogen-bond acceptors (Lipinski definition) is 3. The van der Waals surface area contributed by atoms with Crippen LogP contribution in [0.15, 0.2) is 42.5 Å². The molecule has 0 N–H and O–H groups in total. The van der Waals surface area contributed by atoms with E-state index in [0.717, 1.165) is 29.7 Å². The van der Waals surface area contributed by atoms with Crippen LogP contribution in [0.1, 0.15) is 57.5 Å². The Kier molecular flexibility index (Phi) is 5.22. The van der Waals surface area contributed by atoms with Crippen molar-refractivity contribution in [3.8, 4) is 0 Å². The topological polar surface area (TPSA) is 57.7 Å². The van der Waals surface area contributed by atoms with Crippen LogP contribution < -0.4 is 4.90 Å². The molecule has 0 saturated carbocycles. The van der Waals surface area contributed by atoms with E-state index in [9.17, 15) is 14.4 Å². The number of ketones is 1. The Morgan fingerprint density at radius 2 is 1.83 bits per heavy atom. The fourth-order valence-corrected chi connectivity index (χ4v) is 4.36. The highest BCUT2D eigenvalue weighted by molar-refractivity contribution is 6.06. The maximum absolute atomic E-state index is 13.3. The summed E-state index contributed by atoms with van der Waals surface area (Å²) in [6, 6.07) is 12.7. The summed E-state index contributed by atoms with van der Waals surface area (Å²) >= 11 is 0. The van der Waals surface area contributed by atoms with Crippen molar-refractivity contribution < 1.29 is 14.4 Å². The van der Waals surface area contributed by atoms with Crippen molar-refractivity contribution in [3.63, 3.8) is 0 Å². The number of Topliss-reactive ketones (excluding diaryl/α,β-unsaturated/α-hetero) is 1. The third-order valence-electron chi connectivity index (χ3n) is 5.95.